The first kappa shape index (κ1) is 99.2. The molecule has 4 aromatic heterocycles. The van der Waals surface area contributed by atoms with E-state index in [-0.39, 0.29) is 96.3 Å². The molecule has 4 unspecified atom stereocenters. The van der Waals surface area contributed by atoms with Crippen LogP contribution in [0.2, 0.25) is 0 Å². The maximum Gasteiger partial charge on any atom is 0.338 e. The van der Waals surface area contributed by atoms with Crippen molar-refractivity contribution in [2.75, 3.05) is 167 Å². The van der Waals surface area contributed by atoms with Crippen LogP contribution in [-0.4, -0.2) is 249 Å². The summed E-state index contributed by atoms with van der Waals surface area (Å²) in [6, 6.07) is 45.0. The van der Waals surface area contributed by atoms with Crippen molar-refractivity contribution in [1.29, 1.82) is 0 Å². The Morgan fingerprint density at radius 1 is 0.364 bits per heavy atom. The van der Waals surface area contributed by atoms with Crippen LogP contribution < -0.4 is 28.4 Å². The highest BCUT2D eigenvalue weighted by molar-refractivity contribution is 5.90. The number of benzene rings is 6. The molecule has 0 spiro atoms. The number of ether oxygens (including phenoxy) is 19. The van der Waals surface area contributed by atoms with Gasteiger partial charge in [0.15, 0.2) is 0 Å². The lowest BCUT2D eigenvalue weighted by Gasteiger charge is -2.51. The largest absolute Gasteiger partial charge is 0.487 e. The highest BCUT2D eigenvalue weighted by Gasteiger charge is 2.43. The van der Waals surface area contributed by atoms with Crippen LogP contribution in [-0.2, 0) is 126 Å². The molecule has 0 amide bonds. The van der Waals surface area contributed by atoms with Gasteiger partial charge in [0.05, 0.1) is 195 Å². The normalized spacial score (nSPS) is 14.2. The van der Waals surface area contributed by atoms with Gasteiger partial charge in [0.2, 0.25) is 0 Å². The average Bonchev–Trinajstić information content (AvgIpc) is 1.06. The third-order valence-electron chi connectivity index (χ3n) is 21.6. The van der Waals surface area contributed by atoms with Crippen molar-refractivity contribution in [3.8, 4) is 46.0 Å². The number of piperidine rings is 1. The number of esters is 1. The summed E-state index contributed by atoms with van der Waals surface area (Å²) in [5, 5.41) is 37.1. The van der Waals surface area contributed by atoms with E-state index in [0.717, 1.165) is 30.4 Å². The smallest absolute Gasteiger partial charge is 0.338 e. The first-order valence-electron chi connectivity index (χ1n) is 44.2. The Morgan fingerprint density at radius 2 is 0.682 bits per heavy atom. The Morgan fingerprint density at radius 3 is 1.04 bits per heavy atom. The minimum Gasteiger partial charge on any atom is -0.487 e. The van der Waals surface area contributed by atoms with Gasteiger partial charge in [0.1, 0.15) is 102 Å². The Kier molecular flexibility index (Phi) is 41.7. The molecule has 1 fully saturated rings. The van der Waals surface area contributed by atoms with E-state index < -0.39 is 5.97 Å². The molecule has 5 heterocycles. The van der Waals surface area contributed by atoms with E-state index in [4.69, 9.17) is 94.8 Å². The second-order valence-electron chi connectivity index (χ2n) is 32.5. The molecule has 0 saturated carbocycles. The molecular formula is C95H129N13O21. The number of aromatic nitrogens is 12. The number of hydrogen-bond acceptors (Lipinski definition) is 30. The number of rotatable bonds is 65. The van der Waals surface area contributed by atoms with Gasteiger partial charge in [-0.1, -0.05) is 120 Å². The van der Waals surface area contributed by atoms with Crippen molar-refractivity contribution in [2.24, 2.45) is 5.92 Å². The molecule has 11 rings (SSSR count). The molecule has 0 aliphatic carbocycles. The molecule has 4 atom stereocenters. The molecule has 1 aliphatic heterocycles. The third kappa shape index (κ3) is 34.4. The zero-order chi connectivity index (χ0) is 90.5. The Balaban J connectivity index is 0.858. The Labute approximate surface area is 756 Å². The molecule has 34 nitrogen and oxygen atoms in total. The van der Waals surface area contributed by atoms with Crippen LogP contribution in [0.5, 0.6) is 46.0 Å². The zero-order valence-electron chi connectivity index (χ0n) is 76.3. The number of nitrogens with zero attached hydrogens (tertiary/aromatic N) is 13. The van der Waals surface area contributed by atoms with Gasteiger partial charge in [-0.15, -0.1) is 20.4 Å². The van der Waals surface area contributed by atoms with Gasteiger partial charge in [-0.3, -0.25) is 4.84 Å². The maximum absolute atomic E-state index is 15.0. The monoisotopic (exact) mass is 1790 g/mol. The first-order valence-corrected chi connectivity index (χ1v) is 44.2. The van der Waals surface area contributed by atoms with Crippen molar-refractivity contribution in [3.05, 3.63) is 215 Å². The van der Waals surface area contributed by atoms with E-state index in [0.29, 0.717) is 211 Å². The Bertz CT molecular complexity index is 4440. The van der Waals surface area contributed by atoms with Crippen LogP contribution in [0, 0.1) is 5.92 Å². The van der Waals surface area contributed by atoms with E-state index in [2.05, 4.69) is 161 Å². The number of hydroxylamine groups is 2. The summed E-state index contributed by atoms with van der Waals surface area (Å²) in [4.78, 5) is 22.0. The molecule has 10 aromatic rings. The third-order valence-corrected chi connectivity index (χ3v) is 21.6. The standard InChI is InChI=1S/C95H129N13O21/c1-72(92(77-20-15-12-16-21-77)71-127-108-94(3,4)26-17-27-95(108,5)6)52-91(76-18-13-11-14-19-76)73(2)75-24-22-74(23-25-75)66-126-93(109)78-53-87(128-89-57-83(122-67-79-62-104(100-96-79)28-32-114-44-48-118-40-36-110-7)55-84(58-89)123-68-80-63-105(101-97-80)29-33-115-45-49-119-41-37-111-8)61-88(54-78)129-90-59-85(124-69-81-64-106(102-98-81)30-34-116-46-50-120-42-38-112-9)56-86(60-90)125-70-82-65-107(103-99-82)31-35-117-47-51-121-43-39-113-10/h11-16,18-25,53-65,72-73,91-92H,17,26-52,66-71H2,1-10H3. The first-order chi connectivity index (χ1) is 63.0. The molecule has 6 aromatic carbocycles. The van der Waals surface area contributed by atoms with Crippen molar-refractivity contribution in [3.63, 3.8) is 0 Å². The minimum absolute atomic E-state index is 0.0177. The summed E-state index contributed by atoms with van der Waals surface area (Å²) < 4.78 is 118. The molecule has 0 bridgehead atoms. The van der Waals surface area contributed by atoms with Crippen LogP contribution >= 0.6 is 0 Å². The van der Waals surface area contributed by atoms with Crippen LogP contribution in [0.1, 0.15) is 140 Å². The van der Waals surface area contributed by atoms with Crippen molar-refractivity contribution in [1.82, 2.24) is 65.0 Å². The van der Waals surface area contributed by atoms with E-state index in [1.807, 2.05) is 12.1 Å². The molecule has 34 heteroatoms. The van der Waals surface area contributed by atoms with Crippen molar-refractivity contribution in [2.45, 2.75) is 155 Å². The minimum atomic E-state index is -0.663. The second-order valence-corrected chi connectivity index (χ2v) is 32.5. The second kappa shape index (κ2) is 54.3. The number of carbonyl (C=O) groups is 1. The van der Waals surface area contributed by atoms with Gasteiger partial charge >= 0.3 is 5.97 Å². The predicted molar refractivity (Wildman–Crippen MR) is 477 cm³/mol. The van der Waals surface area contributed by atoms with Crippen molar-refractivity contribution >= 4 is 5.97 Å². The van der Waals surface area contributed by atoms with Gasteiger partial charge in [0, 0.05) is 87.9 Å². The molecule has 1 aliphatic rings. The van der Waals surface area contributed by atoms with Gasteiger partial charge < -0.3 is 90.0 Å². The van der Waals surface area contributed by atoms with Gasteiger partial charge in [0.25, 0.3) is 0 Å². The molecule has 129 heavy (non-hydrogen) atoms. The van der Waals surface area contributed by atoms with Gasteiger partial charge in [-0.25, -0.2) is 23.5 Å². The van der Waals surface area contributed by atoms with Crippen LogP contribution in [0.3, 0.4) is 0 Å². The fourth-order valence-electron chi connectivity index (χ4n) is 14.8. The van der Waals surface area contributed by atoms with E-state index >= 15 is 0 Å². The summed E-state index contributed by atoms with van der Waals surface area (Å²) in [7, 11) is 6.52. The number of carbonyl (C=O) groups excluding carboxylic acids is 1. The molecule has 0 N–H and O–H groups in total. The summed E-state index contributed by atoms with van der Waals surface area (Å²) in [5.74, 6) is 2.21. The van der Waals surface area contributed by atoms with E-state index in [9.17, 15) is 4.79 Å². The maximum atomic E-state index is 15.0. The highest BCUT2D eigenvalue weighted by atomic mass is 16.7. The summed E-state index contributed by atoms with van der Waals surface area (Å²) in [5.41, 5.74) is 6.54. The van der Waals surface area contributed by atoms with Gasteiger partial charge in [-0.2, -0.15) is 5.06 Å². The Hall–Kier alpha value is -10.4. The molecule has 1 saturated heterocycles. The molecule has 0 radical (unpaired) electrons. The lowest BCUT2D eigenvalue weighted by Crippen LogP contribution is -2.58. The molecule has 700 valence electrons. The lowest BCUT2D eigenvalue weighted by molar-refractivity contribution is -0.284. The SMILES string of the molecule is COCCOCCOCCn1cc(COc2cc(OCc3cn(CCOCCOCCOC)nn3)cc(Oc3cc(Oc4cc(OCc5cn(CCOCCOCCOC)nn5)cc(OCc5cn(CCOCCOCCOC)nn5)c4)cc(C(=O)OCc4ccc(C(C)C(CC(C)C(CON5C(C)(C)CCCC5(C)C)c5ccccc5)c5ccccc5)cc4)c3)c2)nn1. The number of methoxy groups -OCH3 is 4. The molecular weight excluding hydrogens is 1660 g/mol. The van der Waals surface area contributed by atoms with Crippen LogP contribution in [0.4, 0.5) is 0 Å². The predicted octanol–water partition coefficient (Wildman–Crippen LogP) is 13.7. The topological polar surface area (TPSA) is 328 Å². The fourth-order valence-corrected chi connectivity index (χ4v) is 14.8. The van der Waals surface area contributed by atoms with Crippen LogP contribution in [0.25, 0.3) is 0 Å². The average molecular weight is 1790 g/mol. The highest BCUT2D eigenvalue weighted by Crippen LogP contribution is 2.45. The zero-order valence-corrected chi connectivity index (χ0v) is 76.3. The van der Waals surface area contributed by atoms with E-state index in [1.165, 1.54) is 17.5 Å². The summed E-state index contributed by atoms with van der Waals surface area (Å²) >= 11 is 0. The summed E-state index contributed by atoms with van der Waals surface area (Å²) in [6.07, 6.45) is 11.4. The fraction of sp³-hybridized carbons (Fsp3) is 0.526. The van der Waals surface area contributed by atoms with Crippen molar-refractivity contribution < 1.29 is 99.6 Å². The summed E-state index contributed by atoms with van der Waals surface area (Å²) in [6.45, 7) is 25.1. The number of hydrogen-bond donors (Lipinski definition) is 0. The lowest BCUT2D eigenvalue weighted by atomic mass is 9.74. The van der Waals surface area contributed by atoms with E-state index in [1.54, 1.807) is 127 Å². The quantitative estimate of drug-likeness (QED) is 0.0252. The van der Waals surface area contributed by atoms with Crippen LogP contribution in [0.15, 0.2) is 164 Å². The van der Waals surface area contributed by atoms with Gasteiger partial charge in [-0.05, 0) is 106 Å².